The van der Waals surface area contributed by atoms with Gasteiger partial charge in [-0.3, -0.25) is 9.36 Å². The molecular weight excluding hydrogens is 322 g/mol. The second-order valence-electron chi connectivity index (χ2n) is 5.11. The molecule has 0 aliphatic rings. The molecule has 0 bridgehead atoms. The molecule has 0 saturated heterocycles. The lowest BCUT2D eigenvalue weighted by Gasteiger charge is -2.09. The quantitative estimate of drug-likeness (QED) is 0.407. The lowest BCUT2D eigenvalue weighted by atomic mass is 10.2. The molecule has 0 atom stereocenters. The monoisotopic (exact) mass is 337 g/mol. The number of thioether (sulfide) groups is 1. The van der Waals surface area contributed by atoms with Gasteiger partial charge >= 0.3 is 0 Å². The van der Waals surface area contributed by atoms with Gasteiger partial charge in [0.25, 0.3) is 5.56 Å². The van der Waals surface area contributed by atoms with Crippen molar-refractivity contribution in [1.29, 1.82) is 5.26 Å². The molecule has 0 fully saturated rings. The second-order valence-corrected chi connectivity index (χ2v) is 6.17. The Morgan fingerprint density at radius 3 is 2.92 bits per heavy atom. The Balaban J connectivity index is 1.67. The Morgan fingerprint density at radius 1 is 1.25 bits per heavy atom. The number of para-hydroxylation sites is 1. The molecule has 0 saturated carbocycles. The molecule has 0 spiro atoms. The van der Waals surface area contributed by atoms with Gasteiger partial charge in [-0.05, 0) is 30.3 Å². The van der Waals surface area contributed by atoms with E-state index >= 15 is 0 Å². The lowest BCUT2D eigenvalue weighted by molar-refractivity contribution is 0.343. The van der Waals surface area contributed by atoms with Crippen molar-refractivity contribution in [3.8, 4) is 11.8 Å². The minimum absolute atomic E-state index is 0.0502. The molecule has 3 rings (SSSR count). The van der Waals surface area contributed by atoms with Crippen molar-refractivity contribution in [3.05, 3.63) is 64.4 Å². The van der Waals surface area contributed by atoms with Gasteiger partial charge in [0.2, 0.25) is 0 Å². The number of hydrogen-bond acceptors (Lipinski definition) is 5. The normalized spacial score (nSPS) is 10.5. The zero-order valence-electron chi connectivity index (χ0n) is 13.1. The van der Waals surface area contributed by atoms with E-state index in [1.807, 2.05) is 24.3 Å². The van der Waals surface area contributed by atoms with Crippen LogP contribution in [-0.2, 0) is 7.05 Å². The molecule has 3 aromatic rings. The summed E-state index contributed by atoms with van der Waals surface area (Å²) in [5.74, 6) is 1.31. The number of aromatic nitrogens is 2. The van der Waals surface area contributed by atoms with E-state index in [0.717, 1.165) is 0 Å². The molecule has 120 valence electrons. The van der Waals surface area contributed by atoms with E-state index in [1.54, 1.807) is 35.9 Å². The first-order valence-corrected chi connectivity index (χ1v) is 8.39. The molecule has 0 aliphatic carbocycles. The maximum Gasteiger partial charge on any atom is 0.261 e. The van der Waals surface area contributed by atoms with Crippen molar-refractivity contribution in [2.45, 2.75) is 5.16 Å². The van der Waals surface area contributed by atoms with Gasteiger partial charge in [-0.15, -0.1) is 0 Å². The summed E-state index contributed by atoms with van der Waals surface area (Å²) in [4.78, 5) is 16.9. The molecule has 0 amide bonds. The van der Waals surface area contributed by atoms with Crippen molar-refractivity contribution in [3.63, 3.8) is 0 Å². The fourth-order valence-electron chi connectivity index (χ4n) is 2.27. The van der Waals surface area contributed by atoms with Gasteiger partial charge in [-0.25, -0.2) is 4.98 Å². The standard InChI is InChI=1S/C18H15N3O2S/c1-21-17(22)15-7-2-3-8-16(15)20-18(21)24-10-9-23-14-6-4-5-13(11-14)12-19/h2-8,11H,9-10H2,1H3. The van der Waals surface area contributed by atoms with Crippen LogP contribution in [-0.4, -0.2) is 21.9 Å². The van der Waals surface area contributed by atoms with Crippen LogP contribution in [0.5, 0.6) is 5.75 Å². The first-order valence-electron chi connectivity index (χ1n) is 7.40. The Kier molecular flexibility index (Phi) is 4.82. The second kappa shape index (κ2) is 7.20. The van der Waals surface area contributed by atoms with Gasteiger partial charge in [-0.1, -0.05) is 30.0 Å². The average molecular weight is 337 g/mol. The van der Waals surface area contributed by atoms with E-state index in [4.69, 9.17) is 10.00 Å². The Hall–Kier alpha value is -2.78. The van der Waals surface area contributed by atoms with Crippen LogP contribution in [0.4, 0.5) is 0 Å². The molecular formula is C18H15N3O2S. The van der Waals surface area contributed by atoms with Crippen LogP contribution in [0.3, 0.4) is 0 Å². The number of ether oxygens (including phenoxy) is 1. The Morgan fingerprint density at radius 2 is 2.08 bits per heavy atom. The summed E-state index contributed by atoms with van der Waals surface area (Å²) in [5.41, 5.74) is 1.22. The van der Waals surface area contributed by atoms with E-state index in [2.05, 4.69) is 11.1 Å². The third-order valence-electron chi connectivity index (χ3n) is 3.49. The van der Waals surface area contributed by atoms with Crippen LogP contribution in [0.25, 0.3) is 10.9 Å². The lowest BCUT2D eigenvalue weighted by Crippen LogP contribution is -2.20. The highest BCUT2D eigenvalue weighted by Crippen LogP contribution is 2.18. The van der Waals surface area contributed by atoms with Crippen LogP contribution < -0.4 is 10.3 Å². The van der Waals surface area contributed by atoms with Crippen LogP contribution in [0.2, 0.25) is 0 Å². The number of benzene rings is 2. The van der Waals surface area contributed by atoms with E-state index in [1.165, 1.54) is 11.8 Å². The third kappa shape index (κ3) is 3.42. The predicted octanol–water partition coefficient (Wildman–Crippen LogP) is 2.98. The highest BCUT2D eigenvalue weighted by Gasteiger charge is 2.08. The predicted molar refractivity (Wildman–Crippen MR) is 94.4 cm³/mol. The van der Waals surface area contributed by atoms with Gasteiger partial charge in [0.15, 0.2) is 5.16 Å². The number of nitriles is 1. The molecule has 6 heteroatoms. The minimum atomic E-state index is -0.0502. The first kappa shape index (κ1) is 16.1. The Bertz CT molecular complexity index is 976. The summed E-state index contributed by atoms with van der Waals surface area (Å²) < 4.78 is 7.20. The van der Waals surface area contributed by atoms with Crippen LogP contribution in [0.1, 0.15) is 5.56 Å². The fourth-order valence-corrected chi connectivity index (χ4v) is 3.06. The SMILES string of the molecule is Cn1c(SCCOc2cccc(C#N)c2)nc2ccccc2c1=O. The molecule has 0 unspecified atom stereocenters. The summed E-state index contributed by atoms with van der Waals surface area (Å²) in [6.07, 6.45) is 0. The Labute approximate surface area is 143 Å². The summed E-state index contributed by atoms with van der Waals surface area (Å²) in [6, 6.07) is 16.4. The molecule has 24 heavy (non-hydrogen) atoms. The van der Waals surface area contributed by atoms with E-state index in [9.17, 15) is 4.79 Å². The largest absolute Gasteiger partial charge is 0.493 e. The van der Waals surface area contributed by atoms with Crippen LogP contribution in [0, 0.1) is 11.3 Å². The topological polar surface area (TPSA) is 67.9 Å². The zero-order valence-corrected chi connectivity index (χ0v) is 13.9. The molecule has 1 aromatic heterocycles. The fraction of sp³-hybridized carbons (Fsp3) is 0.167. The van der Waals surface area contributed by atoms with E-state index in [0.29, 0.717) is 39.7 Å². The third-order valence-corrected chi connectivity index (χ3v) is 4.48. The minimum Gasteiger partial charge on any atom is -0.493 e. The first-order chi connectivity index (χ1) is 11.7. The zero-order chi connectivity index (χ0) is 16.9. The average Bonchev–Trinajstić information content (AvgIpc) is 2.63. The van der Waals surface area contributed by atoms with E-state index in [-0.39, 0.29) is 5.56 Å². The highest BCUT2D eigenvalue weighted by molar-refractivity contribution is 7.99. The van der Waals surface area contributed by atoms with Crippen LogP contribution >= 0.6 is 11.8 Å². The summed E-state index contributed by atoms with van der Waals surface area (Å²) in [5, 5.41) is 10.2. The van der Waals surface area contributed by atoms with Crippen molar-refractivity contribution in [1.82, 2.24) is 9.55 Å². The van der Waals surface area contributed by atoms with Gasteiger partial charge in [0, 0.05) is 12.8 Å². The number of fused-ring (bicyclic) bond motifs is 1. The molecule has 0 N–H and O–H groups in total. The molecule has 2 aromatic carbocycles. The number of hydrogen-bond donors (Lipinski definition) is 0. The molecule has 5 nitrogen and oxygen atoms in total. The van der Waals surface area contributed by atoms with E-state index < -0.39 is 0 Å². The molecule has 0 radical (unpaired) electrons. The summed E-state index contributed by atoms with van der Waals surface area (Å²) in [7, 11) is 1.72. The summed E-state index contributed by atoms with van der Waals surface area (Å²) >= 11 is 1.47. The van der Waals surface area contributed by atoms with Crippen molar-refractivity contribution < 1.29 is 4.74 Å². The smallest absolute Gasteiger partial charge is 0.261 e. The van der Waals surface area contributed by atoms with Crippen molar-refractivity contribution in [2.24, 2.45) is 7.05 Å². The highest BCUT2D eigenvalue weighted by atomic mass is 32.2. The van der Waals surface area contributed by atoms with Gasteiger partial charge in [0.05, 0.1) is 29.1 Å². The van der Waals surface area contributed by atoms with Crippen molar-refractivity contribution >= 4 is 22.7 Å². The van der Waals surface area contributed by atoms with Gasteiger partial charge in [-0.2, -0.15) is 5.26 Å². The van der Waals surface area contributed by atoms with Gasteiger partial charge in [0.1, 0.15) is 5.75 Å². The number of nitrogens with zero attached hydrogens (tertiary/aromatic N) is 3. The maximum absolute atomic E-state index is 12.3. The molecule has 0 aliphatic heterocycles. The molecule has 1 heterocycles. The van der Waals surface area contributed by atoms with Crippen LogP contribution in [0.15, 0.2) is 58.5 Å². The summed E-state index contributed by atoms with van der Waals surface area (Å²) in [6.45, 7) is 0.461. The number of rotatable bonds is 5. The maximum atomic E-state index is 12.3. The van der Waals surface area contributed by atoms with Gasteiger partial charge < -0.3 is 4.74 Å². The van der Waals surface area contributed by atoms with Crippen molar-refractivity contribution in [2.75, 3.05) is 12.4 Å².